The predicted molar refractivity (Wildman–Crippen MR) is 111 cm³/mol. The third-order valence-electron chi connectivity index (χ3n) is 5.15. The summed E-state index contributed by atoms with van der Waals surface area (Å²) >= 11 is 1.68. The quantitative estimate of drug-likeness (QED) is 0.719. The molecule has 1 saturated heterocycles. The molecule has 0 radical (unpaired) electrons. The first kappa shape index (κ1) is 18.1. The van der Waals surface area contributed by atoms with E-state index in [1.165, 1.54) is 5.56 Å². The van der Waals surface area contributed by atoms with Crippen molar-refractivity contribution < 1.29 is 0 Å². The fourth-order valence-electron chi connectivity index (χ4n) is 3.66. The number of nitrogens with one attached hydrogen (secondary N) is 1. The average Bonchev–Trinajstić information content (AvgIpc) is 3.20. The van der Waals surface area contributed by atoms with Gasteiger partial charge in [-0.1, -0.05) is 47.7 Å². The Hall–Kier alpha value is -2.31. The maximum Gasteiger partial charge on any atom is 0.208 e. The maximum absolute atomic E-state index is 4.55. The summed E-state index contributed by atoms with van der Waals surface area (Å²) in [4.78, 5) is 6.91. The highest BCUT2D eigenvalue weighted by molar-refractivity contribution is 7.18. The van der Waals surface area contributed by atoms with Crippen LogP contribution in [-0.4, -0.2) is 34.3 Å². The van der Waals surface area contributed by atoms with E-state index < -0.39 is 0 Å². The Kier molecular flexibility index (Phi) is 5.45. The van der Waals surface area contributed by atoms with Crippen molar-refractivity contribution in [1.29, 1.82) is 0 Å². The first-order valence-electron chi connectivity index (χ1n) is 9.52. The van der Waals surface area contributed by atoms with Gasteiger partial charge in [-0.25, -0.2) is 0 Å². The lowest BCUT2D eigenvalue weighted by Crippen LogP contribution is -2.43. The monoisotopic (exact) mass is 379 g/mol. The molecule has 0 amide bonds. The highest BCUT2D eigenvalue weighted by Crippen LogP contribution is 2.30. The molecule has 3 heterocycles. The van der Waals surface area contributed by atoms with Crippen LogP contribution < -0.4 is 10.2 Å². The topological polar surface area (TPSA) is 53.9 Å². The highest BCUT2D eigenvalue weighted by atomic mass is 32.1. The molecule has 1 N–H and O–H groups in total. The van der Waals surface area contributed by atoms with Gasteiger partial charge in [0.1, 0.15) is 5.01 Å². The molecule has 1 aliphatic heterocycles. The number of benzene rings is 1. The van der Waals surface area contributed by atoms with Gasteiger partial charge in [-0.05, 0) is 38.3 Å². The van der Waals surface area contributed by atoms with Crippen LogP contribution in [-0.2, 0) is 0 Å². The molecule has 1 fully saturated rings. The van der Waals surface area contributed by atoms with Crippen molar-refractivity contribution in [2.75, 3.05) is 18.0 Å². The molecule has 2 aromatic heterocycles. The molecule has 4 rings (SSSR count). The van der Waals surface area contributed by atoms with Gasteiger partial charge in [0.25, 0.3) is 0 Å². The lowest BCUT2D eigenvalue weighted by molar-refractivity contribution is 0.376. The van der Waals surface area contributed by atoms with Gasteiger partial charge < -0.3 is 10.2 Å². The summed E-state index contributed by atoms with van der Waals surface area (Å²) < 4.78 is 0. The van der Waals surface area contributed by atoms with Gasteiger partial charge in [-0.15, -0.1) is 10.2 Å². The molecule has 140 valence electrons. The summed E-state index contributed by atoms with van der Waals surface area (Å²) in [5.74, 6) is 0. The Balaban J connectivity index is 1.34. The van der Waals surface area contributed by atoms with Crippen LogP contribution in [0.5, 0.6) is 0 Å². The minimum atomic E-state index is 0.272. The van der Waals surface area contributed by atoms with Crippen molar-refractivity contribution in [1.82, 2.24) is 20.5 Å². The summed E-state index contributed by atoms with van der Waals surface area (Å²) in [6.45, 7) is 6.35. The van der Waals surface area contributed by atoms with E-state index in [1.807, 2.05) is 30.5 Å². The third kappa shape index (κ3) is 4.17. The summed E-state index contributed by atoms with van der Waals surface area (Å²) in [6, 6.07) is 15.2. The number of rotatable bonds is 5. The number of piperidine rings is 1. The molecule has 0 aliphatic carbocycles. The van der Waals surface area contributed by atoms with Crippen molar-refractivity contribution in [3.05, 3.63) is 59.9 Å². The van der Waals surface area contributed by atoms with Crippen LogP contribution in [0.4, 0.5) is 5.13 Å². The Morgan fingerprint density at radius 1 is 1.07 bits per heavy atom. The number of hydrogen-bond donors (Lipinski definition) is 1. The average molecular weight is 380 g/mol. The Labute approximate surface area is 164 Å². The van der Waals surface area contributed by atoms with Crippen molar-refractivity contribution in [3.8, 4) is 10.6 Å². The molecular weight excluding hydrogens is 354 g/mol. The van der Waals surface area contributed by atoms with Crippen LogP contribution in [0.2, 0.25) is 0 Å². The van der Waals surface area contributed by atoms with Gasteiger partial charge in [0.2, 0.25) is 5.13 Å². The molecule has 0 saturated carbocycles. The van der Waals surface area contributed by atoms with Crippen LogP contribution in [0.25, 0.3) is 10.6 Å². The molecule has 5 nitrogen and oxygen atoms in total. The third-order valence-corrected chi connectivity index (χ3v) is 6.18. The van der Waals surface area contributed by atoms with Crippen LogP contribution in [0, 0.1) is 6.92 Å². The molecule has 6 heteroatoms. The van der Waals surface area contributed by atoms with Gasteiger partial charge in [0, 0.05) is 36.9 Å². The summed E-state index contributed by atoms with van der Waals surface area (Å²) in [5.41, 5.74) is 3.53. The van der Waals surface area contributed by atoms with Gasteiger partial charge in [0.15, 0.2) is 0 Å². The molecule has 27 heavy (non-hydrogen) atoms. The Bertz CT molecular complexity index is 871. The molecule has 1 atom stereocenters. The number of aryl methyl sites for hydroxylation is 1. The fourth-order valence-corrected chi connectivity index (χ4v) is 4.56. The van der Waals surface area contributed by atoms with Crippen molar-refractivity contribution >= 4 is 16.5 Å². The van der Waals surface area contributed by atoms with Crippen molar-refractivity contribution in [2.24, 2.45) is 0 Å². The highest BCUT2D eigenvalue weighted by Gasteiger charge is 2.24. The van der Waals surface area contributed by atoms with E-state index in [0.29, 0.717) is 6.04 Å². The van der Waals surface area contributed by atoms with E-state index in [0.717, 1.165) is 47.3 Å². The number of anilines is 1. The van der Waals surface area contributed by atoms with Crippen LogP contribution in [0.3, 0.4) is 0 Å². The SMILES string of the molecule is Cc1cccnc1[C@@H](C)NC1CCN(c2nnc(-c3ccccc3)s2)CC1. The zero-order valence-corrected chi connectivity index (χ0v) is 16.6. The lowest BCUT2D eigenvalue weighted by Gasteiger charge is -2.33. The van der Waals surface area contributed by atoms with E-state index in [2.05, 4.69) is 57.4 Å². The van der Waals surface area contributed by atoms with Crippen LogP contribution in [0.1, 0.15) is 37.1 Å². The summed E-state index contributed by atoms with van der Waals surface area (Å²) in [6.07, 6.45) is 4.09. The zero-order valence-electron chi connectivity index (χ0n) is 15.8. The van der Waals surface area contributed by atoms with Crippen molar-refractivity contribution in [2.45, 2.75) is 38.8 Å². The lowest BCUT2D eigenvalue weighted by atomic mass is 10.0. The normalized spacial score (nSPS) is 16.4. The van der Waals surface area contributed by atoms with Gasteiger partial charge in [0.05, 0.1) is 5.69 Å². The number of aromatic nitrogens is 3. The van der Waals surface area contributed by atoms with E-state index >= 15 is 0 Å². The summed E-state index contributed by atoms with van der Waals surface area (Å²) in [7, 11) is 0. The number of nitrogens with zero attached hydrogens (tertiary/aromatic N) is 4. The van der Waals surface area contributed by atoms with E-state index in [9.17, 15) is 0 Å². The summed E-state index contributed by atoms with van der Waals surface area (Å²) in [5, 5.41) is 14.6. The first-order valence-corrected chi connectivity index (χ1v) is 10.3. The number of pyridine rings is 1. The second kappa shape index (κ2) is 8.15. The predicted octanol–water partition coefficient (Wildman–Crippen LogP) is 4.23. The molecular formula is C21H25N5S. The minimum Gasteiger partial charge on any atom is -0.347 e. The van der Waals surface area contributed by atoms with E-state index in [1.54, 1.807) is 11.3 Å². The Morgan fingerprint density at radius 3 is 2.59 bits per heavy atom. The largest absolute Gasteiger partial charge is 0.347 e. The smallest absolute Gasteiger partial charge is 0.208 e. The molecule has 3 aromatic rings. The molecule has 1 aromatic carbocycles. The van der Waals surface area contributed by atoms with Gasteiger partial charge >= 0.3 is 0 Å². The fraction of sp³-hybridized carbons (Fsp3) is 0.381. The van der Waals surface area contributed by atoms with Crippen LogP contribution >= 0.6 is 11.3 Å². The van der Waals surface area contributed by atoms with Crippen molar-refractivity contribution in [3.63, 3.8) is 0 Å². The van der Waals surface area contributed by atoms with Gasteiger partial charge in [-0.3, -0.25) is 4.98 Å². The molecule has 0 spiro atoms. The van der Waals surface area contributed by atoms with E-state index in [-0.39, 0.29) is 6.04 Å². The molecule has 0 unspecified atom stereocenters. The van der Waals surface area contributed by atoms with E-state index in [4.69, 9.17) is 0 Å². The first-order chi connectivity index (χ1) is 13.2. The molecule has 0 bridgehead atoms. The minimum absolute atomic E-state index is 0.272. The van der Waals surface area contributed by atoms with Gasteiger partial charge in [-0.2, -0.15) is 0 Å². The number of hydrogen-bond acceptors (Lipinski definition) is 6. The zero-order chi connectivity index (χ0) is 18.6. The second-order valence-corrected chi connectivity index (χ2v) is 8.07. The second-order valence-electron chi connectivity index (χ2n) is 7.11. The van der Waals surface area contributed by atoms with Crippen LogP contribution in [0.15, 0.2) is 48.7 Å². The maximum atomic E-state index is 4.55. The Morgan fingerprint density at radius 2 is 1.85 bits per heavy atom. The molecule has 1 aliphatic rings. The standard InChI is InChI=1S/C21H25N5S/c1-15-7-6-12-22-19(15)16(2)23-18-10-13-26(14-11-18)21-25-24-20(27-21)17-8-4-3-5-9-17/h3-9,12,16,18,23H,10-11,13-14H2,1-2H3/t16-/m1/s1.